The molecule has 0 aliphatic carbocycles. The number of benzene rings is 1. The van der Waals surface area contributed by atoms with E-state index in [9.17, 15) is 4.79 Å². The number of nitriles is 1. The van der Waals surface area contributed by atoms with E-state index in [1.54, 1.807) is 0 Å². The maximum absolute atomic E-state index is 12.2. The van der Waals surface area contributed by atoms with Crippen LogP contribution in [-0.4, -0.2) is 47.9 Å². The summed E-state index contributed by atoms with van der Waals surface area (Å²) in [6, 6.07) is 10.5. The summed E-state index contributed by atoms with van der Waals surface area (Å²) in [5.74, 6) is 0.222. The van der Waals surface area contributed by atoms with Crippen molar-refractivity contribution < 1.29 is 4.79 Å². The van der Waals surface area contributed by atoms with Gasteiger partial charge in [0.25, 0.3) is 0 Å². The Kier molecular flexibility index (Phi) is 5.35. The molecule has 1 atom stereocenters. The lowest BCUT2D eigenvalue weighted by Crippen LogP contribution is -2.51. The summed E-state index contributed by atoms with van der Waals surface area (Å²) < 4.78 is 0. The van der Waals surface area contributed by atoms with Crippen molar-refractivity contribution in [3.63, 3.8) is 0 Å². The predicted molar refractivity (Wildman–Crippen MR) is 82.7 cm³/mol. The van der Waals surface area contributed by atoms with E-state index in [1.807, 2.05) is 11.8 Å². The van der Waals surface area contributed by atoms with Crippen LogP contribution in [0.15, 0.2) is 24.3 Å². The molecular weight excluding hydrogens is 262 g/mol. The lowest BCUT2D eigenvalue weighted by atomic mass is 10.1. The first kappa shape index (κ1) is 15.5. The summed E-state index contributed by atoms with van der Waals surface area (Å²) >= 11 is 0. The molecule has 1 saturated heterocycles. The molecule has 1 unspecified atom stereocenters. The maximum Gasteiger partial charge on any atom is 0.222 e. The van der Waals surface area contributed by atoms with Crippen molar-refractivity contribution in [2.75, 3.05) is 26.2 Å². The van der Waals surface area contributed by atoms with Gasteiger partial charge in [-0.25, -0.2) is 0 Å². The van der Waals surface area contributed by atoms with E-state index >= 15 is 0 Å². The van der Waals surface area contributed by atoms with Crippen LogP contribution >= 0.6 is 0 Å². The second-order valence-electron chi connectivity index (χ2n) is 5.71. The number of piperazine rings is 1. The van der Waals surface area contributed by atoms with E-state index in [-0.39, 0.29) is 11.9 Å². The SMILES string of the molecule is Cc1ccc(CCC(=O)N2CCN(C(C)C#N)CC2)cc1. The highest BCUT2D eigenvalue weighted by atomic mass is 16.2. The molecule has 0 N–H and O–H groups in total. The average Bonchev–Trinajstić information content (AvgIpc) is 2.53. The summed E-state index contributed by atoms with van der Waals surface area (Å²) in [4.78, 5) is 16.3. The Balaban J connectivity index is 1.77. The highest BCUT2D eigenvalue weighted by Crippen LogP contribution is 2.10. The van der Waals surface area contributed by atoms with E-state index in [0.717, 1.165) is 32.6 Å². The van der Waals surface area contributed by atoms with Crippen molar-refractivity contribution in [1.29, 1.82) is 5.26 Å². The molecule has 0 saturated carbocycles. The summed E-state index contributed by atoms with van der Waals surface area (Å²) in [7, 11) is 0. The molecule has 0 aromatic heterocycles. The van der Waals surface area contributed by atoms with Crippen LogP contribution in [0.4, 0.5) is 0 Å². The van der Waals surface area contributed by atoms with Crippen molar-refractivity contribution in [2.45, 2.75) is 32.7 Å². The largest absolute Gasteiger partial charge is 0.340 e. The van der Waals surface area contributed by atoms with Crippen LogP contribution in [0.2, 0.25) is 0 Å². The molecule has 4 nitrogen and oxygen atoms in total. The second kappa shape index (κ2) is 7.24. The van der Waals surface area contributed by atoms with Crippen LogP contribution < -0.4 is 0 Å². The van der Waals surface area contributed by atoms with E-state index in [2.05, 4.69) is 42.2 Å². The second-order valence-corrected chi connectivity index (χ2v) is 5.71. The minimum absolute atomic E-state index is 0.0604. The Morgan fingerprint density at radius 2 is 1.86 bits per heavy atom. The molecule has 1 heterocycles. The zero-order valence-electron chi connectivity index (χ0n) is 12.9. The van der Waals surface area contributed by atoms with Crippen LogP contribution in [0.5, 0.6) is 0 Å². The molecule has 21 heavy (non-hydrogen) atoms. The zero-order chi connectivity index (χ0) is 15.2. The van der Waals surface area contributed by atoms with Crippen molar-refractivity contribution in [2.24, 2.45) is 0 Å². The number of carbonyl (C=O) groups is 1. The minimum Gasteiger partial charge on any atom is -0.340 e. The molecule has 0 spiro atoms. The van der Waals surface area contributed by atoms with E-state index < -0.39 is 0 Å². The quantitative estimate of drug-likeness (QED) is 0.850. The molecule has 4 heteroatoms. The monoisotopic (exact) mass is 285 g/mol. The van der Waals surface area contributed by atoms with Crippen molar-refractivity contribution >= 4 is 5.91 Å². The zero-order valence-corrected chi connectivity index (χ0v) is 12.9. The Bertz CT molecular complexity index is 510. The number of hydrogen-bond acceptors (Lipinski definition) is 3. The molecular formula is C17H23N3O. The number of aryl methyl sites for hydroxylation is 2. The highest BCUT2D eigenvalue weighted by molar-refractivity contribution is 5.76. The van der Waals surface area contributed by atoms with Gasteiger partial charge in [-0.1, -0.05) is 29.8 Å². The number of carbonyl (C=O) groups excluding carboxylic acids is 1. The van der Waals surface area contributed by atoms with Crippen molar-refractivity contribution in [1.82, 2.24) is 9.80 Å². The Morgan fingerprint density at radius 1 is 1.24 bits per heavy atom. The molecule has 1 aromatic carbocycles. The van der Waals surface area contributed by atoms with Crippen molar-refractivity contribution in [3.8, 4) is 6.07 Å². The van der Waals surface area contributed by atoms with Crippen LogP contribution in [-0.2, 0) is 11.2 Å². The standard InChI is InChI=1S/C17H23N3O/c1-14-3-5-16(6-4-14)7-8-17(21)20-11-9-19(10-12-20)15(2)13-18/h3-6,15H,7-12H2,1-2H3. The van der Waals surface area contributed by atoms with Crippen LogP contribution in [0.3, 0.4) is 0 Å². The maximum atomic E-state index is 12.2. The first-order valence-corrected chi connectivity index (χ1v) is 7.57. The van der Waals surface area contributed by atoms with Gasteiger partial charge in [-0.2, -0.15) is 5.26 Å². The molecule has 1 aromatic rings. The van der Waals surface area contributed by atoms with Gasteiger partial charge < -0.3 is 4.90 Å². The minimum atomic E-state index is -0.0604. The lowest BCUT2D eigenvalue weighted by molar-refractivity contribution is -0.133. The Morgan fingerprint density at radius 3 is 2.43 bits per heavy atom. The normalized spacial score (nSPS) is 17.3. The molecule has 0 radical (unpaired) electrons. The molecule has 2 rings (SSSR count). The Hall–Kier alpha value is -1.86. The molecule has 112 valence electrons. The van der Waals surface area contributed by atoms with Crippen LogP contribution in [0, 0.1) is 18.3 Å². The predicted octanol–water partition coefficient (Wildman–Crippen LogP) is 1.98. The van der Waals surface area contributed by atoms with E-state index in [4.69, 9.17) is 5.26 Å². The summed E-state index contributed by atoms with van der Waals surface area (Å²) in [6.45, 7) is 7.04. The highest BCUT2D eigenvalue weighted by Gasteiger charge is 2.23. The first-order chi connectivity index (χ1) is 10.1. The number of rotatable bonds is 4. The fraction of sp³-hybridized carbons (Fsp3) is 0.529. The smallest absolute Gasteiger partial charge is 0.222 e. The molecule has 1 amide bonds. The molecule has 0 bridgehead atoms. The topological polar surface area (TPSA) is 47.3 Å². The van der Waals surface area contributed by atoms with E-state index in [0.29, 0.717) is 6.42 Å². The molecule has 1 aliphatic heterocycles. The number of amides is 1. The van der Waals surface area contributed by atoms with Gasteiger partial charge in [0, 0.05) is 32.6 Å². The summed E-state index contributed by atoms with van der Waals surface area (Å²) in [5, 5.41) is 8.92. The third-order valence-corrected chi connectivity index (χ3v) is 4.15. The fourth-order valence-electron chi connectivity index (χ4n) is 2.60. The average molecular weight is 285 g/mol. The fourth-order valence-corrected chi connectivity index (χ4v) is 2.60. The number of hydrogen-bond donors (Lipinski definition) is 0. The van der Waals surface area contributed by atoms with E-state index in [1.165, 1.54) is 11.1 Å². The van der Waals surface area contributed by atoms with Gasteiger partial charge in [0.2, 0.25) is 5.91 Å². The first-order valence-electron chi connectivity index (χ1n) is 7.57. The van der Waals surface area contributed by atoms with Gasteiger partial charge >= 0.3 is 0 Å². The molecule has 1 aliphatic rings. The summed E-state index contributed by atoms with van der Waals surface area (Å²) in [6.07, 6.45) is 1.37. The van der Waals surface area contributed by atoms with Gasteiger partial charge in [0.05, 0.1) is 12.1 Å². The summed E-state index contributed by atoms with van der Waals surface area (Å²) in [5.41, 5.74) is 2.46. The van der Waals surface area contributed by atoms with Gasteiger partial charge in [0.1, 0.15) is 0 Å². The lowest BCUT2D eigenvalue weighted by Gasteiger charge is -2.36. The van der Waals surface area contributed by atoms with Crippen LogP contribution in [0.25, 0.3) is 0 Å². The van der Waals surface area contributed by atoms with Crippen molar-refractivity contribution in [3.05, 3.63) is 35.4 Å². The van der Waals surface area contributed by atoms with Gasteiger partial charge in [-0.3, -0.25) is 9.69 Å². The van der Waals surface area contributed by atoms with Gasteiger partial charge in [-0.15, -0.1) is 0 Å². The third kappa shape index (κ3) is 4.30. The Labute approximate surface area is 127 Å². The van der Waals surface area contributed by atoms with Gasteiger partial charge in [-0.05, 0) is 25.8 Å². The van der Waals surface area contributed by atoms with Gasteiger partial charge in [0.15, 0.2) is 0 Å². The van der Waals surface area contributed by atoms with Crippen LogP contribution in [0.1, 0.15) is 24.5 Å². The third-order valence-electron chi connectivity index (χ3n) is 4.15. The number of nitrogens with zero attached hydrogens (tertiary/aromatic N) is 3. The molecule has 1 fully saturated rings.